The van der Waals surface area contributed by atoms with Gasteiger partial charge >= 0.3 is 12.0 Å². The number of nitrogens with zero attached hydrogens (tertiary/aromatic N) is 2. The first-order chi connectivity index (χ1) is 6.59. The van der Waals surface area contributed by atoms with Crippen LogP contribution < -0.4 is 0 Å². The van der Waals surface area contributed by atoms with Gasteiger partial charge in [0.05, 0.1) is 12.0 Å². The molecule has 0 aromatic rings. The minimum Gasteiger partial charge on any atom is -0.481 e. The van der Waals surface area contributed by atoms with E-state index in [9.17, 15) is 9.59 Å². The molecule has 0 aromatic heterocycles. The number of likely N-dealkylation sites (N-methyl/N-ethyl adjacent to an activating group) is 1. The van der Waals surface area contributed by atoms with Crippen LogP contribution in [-0.2, 0) is 4.79 Å². The van der Waals surface area contributed by atoms with E-state index < -0.39 is 5.97 Å². The zero-order chi connectivity index (χ0) is 10.3. The van der Waals surface area contributed by atoms with Crippen LogP contribution in [0.1, 0.15) is 12.8 Å². The fraction of sp³-hybridized carbons (Fsp3) is 0.778. The summed E-state index contributed by atoms with van der Waals surface area (Å²) in [6, 6.07) is 0.212. The molecule has 14 heavy (non-hydrogen) atoms. The number of aliphatic carboxylic acids is 1. The molecule has 0 saturated carbocycles. The van der Waals surface area contributed by atoms with Crippen molar-refractivity contribution >= 4 is 12.0 Å². The van der Waals surface area contributed by atoms with Gasteiger partial charge in [-0.3, -0.25) is 4.79 Å². The third kappa shape index (κ3) is 1.32. The van der Waals surface area contributed by atoms with Crippen molar-refractivity contribution in [3.63, 3.8) is 0 Å². The Kier molecular flexibility index (Phi) is 2.09. The zero-order valence-electron chi connectivity index (χ0n) is 8.14. The van der Waals surface area contributed by atoms with Gasteiger partial charge in [-0.2, -0.15) is 0 Å². The van der Waals surface area contributed by atoms with Gasteiger partial charge in [0, 0.05) is 20.1 Å². The van der Waals surface area contributed by atoms with Crippen molar-refractivity contribution in [2.24, 2.45) is 5.92 Å². The van der Waals surface area contributed by atoms with Crippen LogP contribution in [0.15, 0.2) is 0 Å². The highest BCUT2D eigenvalue weighted by Gasteiger charge is 2.41. The van der Waals surface area contributed by atoms with Gasteiger partial charge in [0.15, 0.2) is 0 Å². The fourth-order valence-corrected chi connectivity index (χ4v) is 2.27. The van der Waals surface area contributed by atoms with Gasteiger partial charge in [0.1, 0.15) is 0 Å². The number of amides is 2. The molecule has 2 atom stereocenters. The maximum Gasteiger partial charge on any atom is 0.320 e. The van der Waals surface area contributed by atoms with E-state index in [0.717, 1.165) is 13.0 Å². The predicted molar refractivity (Wildman–Crippen MR) is 48.9 cm³/mol. The quantitative estimate of drug-likeness (QED) is 0.655. The Morgan fingerprint density at radius 1 is 1.43 bits per heavy atom. The maximum atomic E-state index is 11.6. The van der Waals surface area contributed by atoms with Crippen LogP contribution in [0.2, 0.25) is 0 Å². The number of carbonyl (C=O) groups excluding carboxylic acids is 1. The van der Waals surface area contributed by atoms with Crippen LogP contribution in [0.3, 0.4) is 0 Å². The predicted octanol–water partition coefficient (Wildman–Crippen LogP) is 0.217. The van der Waals surface area contributed by atoms with Crippen LogP contribution in [0.5, 0.6) is 0 Å². The van der Waals surface area contributed by atoms with E-state index in [1.165, 1.54) is 0 Å². The molecule has 2 saturated heterocycles. The molecular formula is C9H14N2O3. The van der Waals surface area contributed by atoms with Crippen molar-refractivity contribution in [3.8, 4) is 0 Å². The lowest BCUT2D eigenvalue weighted by molar-refractivity contribution is -0.143. The van der Waals surface area contributed by atoms with E-state index in [4.69, 9.17) is 5.11 Å². The van der Waals surface area contributed by atoms with Gasteiger partial charge in [0.25, 0.3) is 0 Å². The van der Waals surface area contributed by atoms with E-state index in [1.54, 1.807) is 16.8 Å². The molecule has 2 aliphatic heterocycles. The van der Waals surface area contributed by atoms with Gasteiger partial charge in [-0.25, -0.2) is 4.79 Å². The Labute approximate surface area is 82.3 Å². The third-order valence-electron chi connectivity index (χ3n) is 3.11. The van der Waals surface area contributed by atoms with Crippen molar-refractivity contribution in [3.05, 3.63) is 0 Å². The number of hydrogen-bond acceptors (Lipinski definition) is 2. The molecule has 0 aromatic carbocycles. The average Bonchev–Trinajstić information content (AvgIpc) is 2.43. The van der Waals surface area contributed by atoms with Gasteiger partial charge < -0.3 is 14.9 Å². The highest BCUT2D eigenvalue weighted by molar-refractivity contribution is 5.78. The summed E-state index contributed by atoms with van der Waals surface area (Å²) in [5.74, 6) is -1.16. The van der Waals surface area contributed by atoms with E-state index in [1.807, 2.05) is 0 Å². The Morgan fingerprint density at radius 3 is 2.79 bits per heavy atom. The molecule has 2 heterocycles. The summed E-state index contributed by atoms with van der Waals surface area (Å²) in [5, 5.41) is 8.86. The lowest BCUT2D eigenvalue weighted by Gasteiger charge is -2.31. The Bertz CT molecular complexity index is 279. The number of rotatable bonds is 1. The first-order valence-electron chi connectivity index (χ1n) is 4.84. The number of carboxylic acids is 1. The molecule has 2 amide bonds. The first kappa shape index (κ1) is 9.30. The van der Waals surface area contributed by atoms with Gasteiger partial charge in [-0.05, 0) is 12.8 Å². The third-order valence-corrected chi connectivity index (χ3v) is 3.11. The Morgan fingerprint density at radius 2 is 2.14 bits per heavy atom. The number of carboxylic acid groups (broad SMARTS) is 1. The lowest BCUT2D eigenvalue weighted by atomic mass is 9.94. The van der Waals surface area contributed by atoms with Crippen molar-refractivity contribution in [2.75, 3.05) is 20.1 Å². The van der Waals surface area contributed by atoms with Crippen molar-refractivity contribution in [2.45, 2.75) is 18.9 Å². The molecule has 5 nitrogen and oxygen atoms in total. The Hall–Kier alpha value is -1.26. The Balaban J connectivity index is 2.08. The van der Waals surface area contributed by atoms with E-state index in [-0.39, 0.29) is 18.0 Å². The van der Waals surface area contributed by atoms with Crippen LogP contribution in [0, 0.1) is 5.92 Å². The molecule has 2 aliphatic rings. The van der Waals surface area contributed by atoms with Crippen LogP contribution in [0.4, 0.5) is 4.79 Å². The second-order valence-corrected chi connectivity index (χ2v) is 4.08. The van der Waals surface area contributed by atoms with Gasteiger partial charge in [-0.15, -0.1) is 0 Å². The molecule has 0 radical (unpaired) electrons. The molecule has 2 unspecified atom stereocenters. The fourth-order valence-electron chi connectivity index (χ4n) is 2.27. The molecule has 0 bridgehead atoms. The van der Waals surface area contributed by atoms with E-state index in [0.29, 0.717) is 13.0 Å². The maximum absolute atomic E-state index is 11.6. The minimum absolute atomic E-state index is 0.0269. The second kappa shape index (κ2) is 3.15. The van der Waals surface area contributed by atoms with Crippen molar-refractivity contribution in [1.29, 1.82) is 0 Å². The summed E-state index contributed by atoms with van der Waals surface area (Å²) in [6.45, 7) is 1.12. The summed E-state index contributed by atoms with van der Waals surface area (Å²) in [6.07, 6.45) is 1.50. The standard InChI is InChI=1S/C9H14N2O3/c1-10-5-7-3-2-6(8(12)13)4-11(7)9(10)14/h6-7H,2-5H2,1H3,(H,12,13). The van der Waals surface area contributed by atoms with E-state index >= 15 is 0 Å². The molecule has 0 aliphatic carbocycles. The van der Waals surface area contributed by atoms with Gasteiger partial charge in [-0.1, -0.05) is 0 Å². The number of piperidine rings is 1. The highest BCUT2D eigenvalue weighted by atomic mass is 16.4. The van der Waals surface area contributed by atoms with E-state index in [2.05, 4.69) is 0 Å². The SMILES string of the molecule is CN1CC2CCC(C(=O)O)CN2C1=O. The average molecular weight is 198 g/mol. The van der Waals surface area contributed by atoms with Crippen LogP contribution >= 0.6 is 0 Å². The largest absolute Gasteiger partial charge is 0.481 e. The number of urea groups is 1. The number of hydrogen-bond donors (Lipinski definition) is 1. The van der Waals surface area contributed by atoms with Crippen molar-refractivity contribution < 1.29 is 14.7 Å². The van der Waals surface area contributed by atoms with Crippen LogP contribution in [0.25, 0.3) is 0 Å². The first-order valence-corrected chi connectivity index (χ1v) is 4.84. The number of fused-ring (bicyclic) bond motifs is 1. The molecular weight excluding hydrogens is 184 g/mol. The summed E-state index contributed by atoms with van der Waals surface area (Å²) < 4.78 is 0. The second-order valence-electron chi connectivity index (χ2n) is 4.08. The summed E-state index contributed by atoms with van der Waals surface area (Å²) in [5.41, 5.74) is 0. The van der Waals surface area contributed by atoms with Gasteiger partial charge in [0.2, 0.25) is 0 Å². The summed E-state index contributed by atoms with van der Waals surface area (Å²) in [4.78, 5) is 25.7. The highest BCUT2D eigenvalue weighted by Crippen LogP contribution is 2.27. The topological polar surface area (TPSA) is 60.9 Å². The minimum atomic E-state index is -0.786. The lowest BCUT2D eigenvalue weighted by Crippen LogP contribution is -2.44. The normalized spacial score (nSPS) is 31.9. The summed E-state index contributed by atoms with van der Waals surface area (Å²) in [7, 11) is 1.76. The molecule has 2 fully saturated rings. The molecule has 0 spiro atoms. The molecule has 78 valence electrons. The monoisotopic (exact) mass is 198 g/mol. The number of carbonyl (C=O) groups is 2. The van der Waals surface area contributed by atoms with Crippen LogP contribution in [-0.4, -0.2) is 53.1 Å². The smallest absolute Gasteiger partial charge is 0.320 e. The molecule has 1 N–H and O–H groups in total. The molecule has 5 heteroatoms. The molecule has 2 rings (SSSR count). The van der Waals surface area contributed by atoms with Crippen molar-refractivity contribution in [1.82, 2.24) is 9.80 Å². The summed E-state index contributed by atoms with van der Waals surface area (Å²) >= 11 is 0. The zero-order valence-corrected chi connectivity index (χ0v) is 8.14.